The summed E-state index contributed by atoms with van der Waals surface area (Å²) in [6.45, 7) is 0.607. The normalized spacial score (nSPS) is 10.6. The van der Waals surface area contributed by atoms with Crippen molar-refractivity contribution in [1.82, 2.24) is 10.3 Å². The van der Waals surface area contributed by atoms with Crippen LogP contribution in [0.2, 0.25) is 0 Å². The number of hydrogen-bond acceptors (Lipinski definition) is 3. The van der Waals surface area contributed by atoms with E-state index in [2.05, 4.69) is 10.3 Å². The number of amides is 1. The van der Waals surface area contributed by atoms with E-state index in [0.29, 0.717) is 18.8 Å². The van der Waals surface area contributed by atoms with E-state index >= 15 is 0 Å². The minimum atomic E-state index is -0.0132. The highest BCUT2D eigenvalue weighted by molar-refractivity contribution is 6.18. The summed E-state index contributed by atoms with van der Waals surface area (Å²) in [5.41, 5.74) is 2.73. The number of carbonyl (C=O) groups is 1. The van der Waals surface area contributed by atoms with E-state index in [1.807, 2.05) is 18.2 Å². The zero-order valence-corrected chi connectivity index (χ0v) is 10.0. The fourth-order valence-corrected chi connectivity index (χ4v) is 1.75. The third-order valence-electron chi connectivity index (χ3n) is 2.45. The Bertz CT molecular complexity index is 510. The predicted octanol–water partition coefficient (Wildman–Crippen LogP) is 2.12. The number of hydrogen-bond donors (Lipinski definition) is 1. The number of alkyl halides is 1. The van der Waals surface area contributed by atoms with Crippen LogP contribution in [0.25, 0.3) is 11.1 Å². The van der Waals surface area contributed by atoms with Gasteiger partial charge in [-0.3, -0.25) is 4.79 Å². The first-order valence-corrected chi connectivity index (χ1v) is 5.98. The van der Waals surface area contributed by atoms with Crippen LogP contribution in [0.1, 0.15) is 12.0 Å². The van der Waals surface area contributed by atoms with Crippen LogP contribution in [0.3, 0.4) is 0 Å². The Labute approximate surface area is 104 Å². The number of nitrogens with zero attached hydrogens (tertiary/aromatic N) is 1. The van der Waals surface area contributed by atoms with Gasteiger partial charge < -0.3 is 9.73 Å². The number of halogens is 1. The molecule has 0 bridgehead atoms. The summed E-state index contributed by atoms with van der Waals surface area (Å²) in [6.07, 6.45) is 2.56. The van der Waals surface area contributed by atoms with Crippen molar-refractivity contribution >= 4 is 28.6 Å². The van der Waals surface area contributed by atoms with Gasteiger partial charge >= 0.3 is 0 Å². The molecule has 0 aliphatic rings. The van der Waals surface area contributed by atoms with Gasteiger partial charge in [-0.2, -0.15) is 0 Å². The monoisotopic (exact) mass is 252 g/mol. The van der Waals surface area contributed by atoms with Crippen LogP contribution in [0, 0.1) is 0 Å². The largest absolute Gasteiger partial charge is 0.443 e. The van der Waals surface area contributed by atoms with Crippen LogP contribution in [0.5, 0.6) is 0 Å². The van der Waals surface area contributed by atoms with Gasteiger partial charge in [-0.1, -0.05) is 6.07 Å². The zero-order chi connectivity index (χ0) is 12.1. The summed E-state index contributed by atoms with van der Waals surface area (Å²) >= 11 is 5.47. The molecule has 0 atom stereocenters. The lowest BCUT2D eigenvalue weighted by Gasteiger charge is -2.03. The molecular weight excluding hydrogens is 240 g/mol. The van der Waals surface area contributed by atoms with Crippen LogP contribution >= 0.6 is 11.6 Å². The molecule has 1 amide bonds. The lowest BCUT2D eigenvalue weighted by Crippen LogP contribution is -2.25. The Morgan fingerprint density at radius 2 is 2.35 bits per heavy atom. The minimum absolute atomic E-state index is 0.0132. The molecule has 1 N–H and O–H groups in total. The summed E-state index contributed by atoms with van der Waals surface area (Å²) < 4.78 is 5.21. The number of aromatic nitrogens is 1. The highest BCUT2D eigenvalue weighted by atomic mass is 35.5. The first-order chi connectivity index (χ1) is 8.29. The van der Waals surface area contributed by atoms with Gasteiger partial charge in [0.05, 0.1) is 0 Å². The number of rotatable bonds is 5. The van der Waals surface area contributed by atoms with E-state index in [0.717, 1.165) is 23.1 Å². The van der Waals surface area contributed by atoms with E-state index in [9.17, 15) is 4.79 Å². The van der Waals surface area contributed by atoms with Gasteiger partial charge in [0.15, 0.2) is 12.0 Å². The molecule has 17 heavy (non-hydrogen) atoms. The second-order valence-electron chi connectivity index (χ2n) is 3.69. The van der Waals surface area contributed by atoms with Crippen molar-refractivity contribution in [3.05, 3.63) is 30.2 Å². The number of oxazole rings is 1. The molecule has 2 rings (SSSR count). The van der Waals surface area contributed by atoms with Crippen LogP contribution in [-0.4, -0.2) is 23.3 Å². The maximum Gasteiger partial charge on any atom is 0.221 e. The number of fused-ring (bicyclic) bond motifs is 1. The Morgan fingerprint density at radius 3 is 3.18 bits per heavy atom. The molecule has 2 aromatic rings. The van der Waals surface area contributed by atoms with Crippen molar-refractivity contribution < 1.29 is 9.21 Å². The molecule has 4 nitrogen and oxygen atoms in total. The van der Waals surface area contributed by atoms with Crippen molar-refractivity contribution in [3.63, 3.8) is 0 Å². The molecule has 0 saturated carbocycles. The van der Waals surface area contributed by atoms with E-state index in [1.54, 1.807) is 0 Å². The summed E-state index contributed by atoms with van der Waals surface area (Å²) in [5.74, 6) is 0.344. The summed E-state index contributed by atoms with van der Waals surface area (Å²) in [6, 6.07) is 5.84. The van der Waals surface area contributed by atoms with Gasteiger partial charge in [0.2, 0.25) is 5.91 Å². The number of carbonyl (C=O) groups excluding carboxylic acids is 1. The number of nitrogens with one attached hydrogen (secondary N) is 1. The average molecular weight is 253 g/mol. The van der Waals surface area contributed by atoms with Crippen LogP contribution < -0.4 is 5.32 Å². The van der Waals surface area contributed by atoms with Crippen molar-refractivity contribution in [1.29, 1.82) is 0 Å². The quantitative estimate of drug-likeness (QED) is 0.830. The summed E-state index contributed by atoms with van der Waals surface area (Å²) in [7, 11) is 0. The van der Waals surface area contributed by atoms with Crippen molar-refractivity contribution in [3.8, 4) is 0 Å². The van der Waals surface area contributed by atoms with Crippen molar-refractivity contribution in [2.75, 3.05) is 12.4 Å². The molecule has 1 aromatic heterocycles. The molecule has 0 aliphatic carbocycles. The second kappa shape index (κ2) is 5.68. The predicted molar refractivity (Wildman–Crippen MR) is 66.1 cm³/mol. The van der Waals surface area contributed by atoms with Gasteiger partial charge in [-0.25, -0.2) is 4.98 Å². The smallest absolute Gasteiger partial charge is 0.221 e. The third kappa shape index (κ3) is 3.20. The first kappa shape index (κ1) is 11.9. The van der Waals surface area contributed by atoms with Crippen LogP contribution in [0.4, 0.5) is 0 Å². The Hall–Kier alpha value is -1.55. The SMILES string of the molecule is O=C(CCCl)NCCc1ccc2ncoc2c1. The summed E-state index contributed by atoms with van der Waals surface area (Å²) in [4.78, 5) is 15.2. The highest BCUT2D eigenvalue weighted by Gasteiger charge is 2.02. The number of benzene rings is 1. The Morgan fingerprint density at radius 1 is 1.47 bits per heavy atom. The molecule has 0 spiro atoms. The average Bonchev–Trinajstić information content (AvgIpc) is 2.76. The van der Waals surface area contributed by atoms with Gasteiger partial charge in [0.25, 0.3) is 0 Å². The van der Waals surface area contributed by atoms with E-state index in [-0.39, 0.29) is 5.91 Å². The molecule has 1 aromatic carbocycles. The maximum atomic E-state index is 11.2. The summed E-state index contributed by atoms with van der Waals surface area (Å²) in [5, 5.41) is 2.80. The minimum Gasteiger partial charge on any atom is -0.443 e. The maximum absolute atomic E-state index is 11.2. The van der Waals surface area contributed by atoms with E-state index in [4.69, 9.17) is 16.0 Å². The Kier molecular flexibility index (Phi) is 3.98. The topological polar surface area (TPSA) is 55.1 Å². The van der Waals surface area contributed by atoms with Gasteiger partial charge in [-0.15, -0.1) is 11.6 Å². The van der Waals surface area contributed by atoms with Crippen molar-refractivity contribution in [2.45, 2.75) is 12.8 Å². The molecular formula is C12H13ClN2O2. The molecule has 0 fully saturated rings. The Balaban J connectivity index is 1.88. The molecule has 90 valence electrons. The molecule has 1 heterocycles. The molecule has 0 saturated heterocycles. The van der Waals surface area contributed by atoms with Crippen LogP contribution in [-0.2, 0) is 11.2 Å². The first-order valence-electron chi connectivity index (χ1n) is 5.44. The standard InChI is InChI=1S/C12H13ClN2O2/c13-5-3-12(16)14-6-4-9-1-2-10-11(7-9)17-8-15-10/h1-2,7-8H,3-6H2,(H,14,16). The fourth-order valence-electron chi connectivity index (χ4n) is 1.58. The van der Waals surface area contributed by atoms with E-state index in [1.165, 1.54) is 6.39 Å². The molecule has 0 unspecified atom stereocenters. The van der Waals surface area contributed by atoms with E-state index < -0.39 is 0 Å². The van der Waals surface area contributed by atoms with Crippen LogP contribution in [0.15, 0.2) is 29.0 Å². The molecule has 5 heteroatoms. The van der Waals surface area contributed by atoms with Gasteiger partial charge in [-0.05, 0) is 24.1 Å². The molecule has 0 aliphatic heterocycles. The van der Waals surface area contributed by atoms with Gasteiger partial charge in [0.1, 0.15) is 5.52 Å². The fraction of sp³-hybridized carbons (Fsp3) is 0.333. The van der Waals surface area contributed by atoms with Crippen molar-refractivity contribution in [2.24, 2.45) is 0 Å². The zero-order valence-electron chi connectivity index (χ0n) is 9.28. The third-order valence-corrected chi connectivity index (χ3v) is 2.64. The van der Waals surface area contributed by atoms with Gasteiger partial charge in [0, 0.05) is 18.8 Å². The lowest BCUT2D eigenvalue weighted by molar-refractivity contribution is -0.120. The highest BCUT2D eigenvalue weighted by Crippen LogP contribution is 2.14. The lowest BCUT2D eigenvalue weighted by atomic mass is 10.1. The molecule has 0 radical (unpaired) electrons. The second-order valence-corrected chi connectivity index (χ2v) is 4.07.